The number of piperidine rings is 1. The summed E-state index contributed by atoms with van der Waals surface area (Å²) in [6.07, 6.45) is 0.451. The third-order valence-corrected chi connectivity index (χ3v) is 5.45. The zero-order chi connectivity index (χ0) is 20.3. The SMILES string of the molecule is N[C@H]1CCCC[C@@H]1C(=O)N1CCC(CC(=O)Nc2nnc(C(F)(F)F)o2)CC1. The molecular formula is C17H24F3N5O3. The van der Waals surface area contributed by atoms with Gasteiger partial charge < -0.3 is 15.1 Å². The van der Waals surface area contributed by atoms with Gasteiger partial charge in [0.1, 0.15) is 0 Å². The number of hydrogen-bond acceptors (Lipinski definition) is 6. The van der Waals surface area contributed by atoms with Crippen LogP contribution in [0, 0.1) is 11.8 Å². The van der Waals surface area contributed by atoms with Crippen molar-refractivity contribution in [2.45, 2.75) is 57.2 Å². The van der Waals surface area contributed by atoms with Crippen molar-refractivity contribution in [2.24, 2.45) is 17.6 Å². The zero-order valence-corrected chi connectivity index (χ0v) is 15.4. The summed E-state index contributed by atoms with van der Waals surface area (Å²) in [6, 6.07) is -0.656. The minimum Gasteiger partial charge on any atom is -0.399 e. The van der Waals surface area contributed by atoms with Crippen LogP contribution in [0.25, 0.3) is 0 Å². The first-order valence-corrected chi connectivity index (χ1v) is 9.49. The fraction of sp³-hybridized carbons (Fsp3) is 0.765. The van der Waals surface area contributed by atoms with E-state index in [1.165, 1.54) is 0 Å². The first kappa shape index (κ1) is 20.6. The van der Waals surface area contributed by atoms with Crippen LogP contribution in [0.1, 0.15) is 50.8 Å². The van der Waals surface area contributed by atoms with Gasteiger partial charge in [-0.15, -0.1) is 5.10 Å². The van der Waals surface area contributed by atoms with E-state index < -0.39 is 24.0 Å². The second kappa shape index (κ2) is 8.46. The average Bonchev–Trinajstić information content (AvgIpc) is 3.11. The van der Waals surface area contributed by atoms with Gasteiger partial charge in [0.25, 0.3) is 0 Å². The van der Waals surface area contributed by atoms with Gasteiger partial charge in [0.05, 0.1) is 5.92 Å². The predicted molar refractivity (Wildman–Crippen MR) is 91.8 cm³/mol. The van der Waals surface area contributed by atoms with Crippen LogP contribution in [-0.2, 0) is 15.8 Å². The molecule has 0 unspecified atom stereocenters. The molecule has 1 saturated carbocycles. The Morgan fingerprint density at radius 1 is 1.14 bits per heavy atom. The van der Waals surface area contributed by atoms with E-state index in [2.05, 4.69) is 19.9 Å². The van der Waals surface area contributed by atoms with Crippen molar-refractivity contribution in [3.63, 3.8) is 0 Å². The van der Waals surface area contributed by atoms with Crippen LogP contribution in [0.15, 0.2) is 4.42 Å². The summed E-state index contributed by atoms with van der Waals surface area (Å²) in [5.74, 6) is -1.98. The summed E-state index contributed by atoms with van der Waals surface area (Å²) < 4.78 is 41.7. The van der Waals surface area contributed by atoms with E-state index in [1.54, 1.807) is 0 Å². The summed E-state index contributed by atoms with van der Waals surface area (Å²) in [7, 11) is 0. The van der Waals surface area contributed by atoms with Crippen molar-refractivity contribution < 1.29 is 27.2 Å². The van der Waals surface area contributed by atoms with Crippen molar-refractivity contribution in [1.82, 2.24) is 15.1 Å². The lowest BCUT2D eigenvalue weighted by Gasteiger charge is -2.37. The van der Waals surface area contributed by atoms with Gasteiger partial charge in [0.2, 0.25) is 11.8 Å². The molecule has 0 spiro atoms. The van der Waals surface area contributed by atoms with Crippen LogP contribution in [0.5, 0.6) is 0 Å². The molecule has 2 heterocycles. The Balaban J connectivity index is 1.44. The van der Waals surface area contributed by atoms with Crippen molar-refractivity contribution >= 4 is 17.8 Å². The summed E-state index contributed by atoms with van der Waals surface area (Å²) in [5.41, 5.74) is 6.09. The molecule has 3 rings (SSSR count). The maximum absolute atomic E-state index is 12.7. The van der Waals surface area contributed by atoms with Gasteiger partial charge in [-0.2, -0.15) is 13.2 Å². The number of halogens is 3. The van der Waals surface area contributed by atoms with Crippen LogP contribution >= 0.6 is 0 Å². The molecule has 2 atom stereocenters. The van der Waals surface area contributed by atoms with Gasteiger partial charge in [0.15, 0.2) is 0 Å². The minimum atomic E-state index is -4.75. The van der Waals surface area contributed by atoms with E-state index in [0.717, 1.165) is 25.7 Å². The molecule has 2 aliphatic rings. The molecule has 0 aromatic carbocycles. The standard InChI is InChI=1S/C17H24F3N5O3/c18-17(19,20)15-23-24-16(28-15)22-13(26)9-10-5-7-25(8-6-10)14(27)11-3-1-2-4-12(11)21/h10-12H,1-9,21H2,(H,22,24,26)/t11-,12-/m0/s1. The van der Waals surface area contributed by atoms with E-state index in [4.69, 9.17) is 5.73 Å². The molecule has 0 radical (unpaired) electrons. The van der Waals surface area contributed by atoms with Crippen molar-refractivity contribution in [3.8, 4) is 0 Å². The average molecular weight is 403 g/mol. The number of amides is 2. The van der Waals surface area contributed by atoms with Crippen molar-refractivity contribution in [2.75, 3.05) is 18.4 Å². The van der Waals surface area contributed by atoms with Crippen molar-refractivity contribution in [3.05, 3.63) is 5.89 Å². The van der Waals surface area contributed by atoms with Gasteiger partial charge >= 0.3 is 18.1 Å². The first-order chi connectivity index (χ1) is 13.2. The zero-order valence-electron chi connectivity index (χ0n) is 15.4. The summed E-state index contributed by atoms with van der Waals surface area (Å²) in [6.45, 7) is 1.11. The van der Waals surface area contributed by atoms with E-state index >= 15 is 0 Å². The highest BCUT2D eigenvalue weighted by Gasteiger charge is 2.38. The smallest absolute Gasteiger partial charge is 0.399 e. The molecule has 0 bridgehead atoms. The monoisotopic (exact) mass is 403 g/mol. The number of hydrogen-bond donors (Lipinski definition) is 2. The quantitative estimate of drug-likeness (QED) is 0.796. The number of anilines is 1. The number of nitrogens with one attached hydrogen (secondary N) is 1. The number of carbonyl (C=O) groups is 2. The topological polar surface area (TPSA) is 114 Å². The molecule has 3 N–H and O–H groups in total. The van der Waals surface area contributed by atoms with Gasteiger partial charge in [-0.3, -0.25) is 14.9 Å². The van der Waals surface area contributed by atoms with Crippen LogP contribution < -0.4 is 11.1 Å². The third kappa shape index (κ3) is 5.00. The van der Waals surface area contributed by atoms with Crippen LogP contribution in [0.3, 0.4) is 0 Å². The summed E-state index contributed by atoms with van der Waals surface area (Å²) in [4.78, 5) is 26.5. The Bertz CT molecular complexity index is 700. The molecule has 2 amide bonds. The number of nitrogens with zero attached hydrogens (tertiary/aromatic N) is 3. The van der Waals surface area contributed by atoms with Gasteiger partial charge in [-0.1, -0.05) is 17.9 Å². The Kier molecular flexibility index (Phi) is 6.21. The fourth-order valence-electron chi connectivity index (χ4n) is 3.88. The van der Waals surface area contributed by atoms with Gasteiger partial charge in [-0.25, -0.2) is 0 Å². The molecular weight excluding hydrogens is 379 g/mol. The second-order valence-electron chi connectivity index (χ2n) is 7.49. The number of rotatable bonds is 4. The minimum absolute atomic E-state index is 0.0362. The summed E-state index contributed by atoms with van der Waals surface area (Å²) >= 11 is 0. The predicted octanol–water partition coefficient (Wildman–Crippen LogP) is 2.17. The highest BCUT2D eigenvalue weighted by molar-refractivity contribution is 5.88. The maximum Gasteiger partial charge on any atom is 0.470 e. The number of likely N-dealkylation sites (tertiary alicyclic amines) is 1. The molecule has 156 valence electrons. The summed E-state index contributed by atoms with van der Waals surface area (Å²) in [5, 5.41) is 8.23. The number of aromatic nitrogens is 2. The van der Waals surface area contributed by atoms with Crippen LogP contribution in [0.2, 0.25) is 0 Å². The van der Waals surface area contributed by atoms with E-state index in [0.29, 0.717) is 25.9 Å². The lowest BCUT2D eigenvalue weighted by atomic mass is 9.83. The molecule has 1 aromatic heterocycles. The van der Waals surface area contributed by atoms with E-state index in [9.17, 15) is 22.8 Å². The Morgan fingerprint density at radius 2 is 1.82 bits per heavy atom. The Morgan fingerprint density at radius 3 is 2.43 bits per heavy atom. The highest BCUT2D eigenvalue weighted by Crippen LogP contribution is 2.30. The maximum atomic E-state index is 12.7. The van der Waals surface area contributed by atoms with Gasteiger partial charge in [0, 0.05) is 25.6 Å². The molecule has 1 aliphatic carbocycles. The van der Waals surface area contributed by atoms with E-state index in [1.807, 2.05) is 4.90 Å². The third-order valence-electron chi connectivity index (χ3n) is 5.45. The molecule has 2 fully saturated rings. The Labute approximate surface area is 160 Å². The molecule has 1 saturated heterocycles. The molecule has 1 aliphatic heterocycles. The van der Waals surface area contributed by atoms with Crippen molar-refractivity contribution in [1.29, 1.82) is 0 Å². The normalized spacial score (nSPS) is 24.2. The highest BCUT2D eigenvalue weighted by atomic mass is 19.4. The molecule has 1 aromatic rings. The number of alkyl halides is 3. The molecule has 8 nitrogen and oxygen atoms in total. The number of nitrogens with two attached hydrogens (primary N) is 1. The largest absolute Gasteiger partial charge is 0.470 e. The number of carbonyl (C=O) groups excluding carboxylic acids is 2. The second-order valence-corrected chi connectivity index (χ2v) is 7.49. The van der Waals surface area contributed by atoms with Crippen LogP contribution in [-0.4, -0.2) is 46.0 Å². The Hall–Kier alpha value is -2.17. The molecule has 11 heteroatoms. The van der Waals surface area contributed by atoms with Crippen LogP contribution in [0.4, 0.5) is 19.2 Å². The lowest BCUT2D eigenvalue weighted by molar-refractivity contribution is -0.157. The molecule has 28 heavy (non-hydrogen) atoms. The fourth-order valence-corrected chi connectivity index (χ4v) is 3.88. The first-order valence-electron chi connectivity index (χ1n) is 9.49. The lowest BCUT2D eigenvalue weighted by Crippen LogP contribution is -2.48. The van der Waals surface area contributed by atoms with E-state index in [-0.39, 0.29) is 30.2 Å². The van der Waals surface area contributed by atoms with Gasteiger partial charge in [-0.05, 0) is 31.6 Å².